The second kappa shape index (κ2) is 6.08. The molecule has 1 aliphatic rings. The van der Waals surface area contributed by atoms with E-state index in [0.29, 0.717) is 18.0 Å². The van der Waals surface area contributed by atoms with Crippen LogP contribution in [0.3, 0.4) is 0 Å². The van der Waals surface area contributed by atoms with Crippen molar-refractivity contribution >= 4 is 34.5 Å². The van der Waals surface area contributed by atoms with Crippen molar-refractivity contribution in [2.24, 2.45) is 5.92 Å². The predicted molar refractivity (Wildman–Crippen MR) is 77.2 cm³/mol. The van der Waals surface area contributed by atoms with Gasteiger partial charge in [-0.05, 0) is 47.5 Å². The summed E-state index contributed by atoms with van der Waals surface area (Å²) in [5, 5.41) is 2.96. The highest BCUT2D eigenvalue weighted by atomic mass is 79.9. The Bertz CT molecular complexity index is 453. The zero-order valence-corrected chi connectivity index (χ0v) is 12.6. The van der Waals surface area contributed by atoms with Crippen LogP contribution in [-0.4, -0.2) is 25.2 Å². The van der Waals surface area contributed by atoms with Crippen LogP contribution in [-0.2, 0) is 4.74 Å². The number of thiol groups is 1. The summed E-state index contributed by atoms with van der Waals surface area (Å²) in [4.78, 5) is 12.8. The summed E-state index contributed by atoms with van der Waals surface area (Å²) in [5.74, 6) is 0.337. The molecule has 0 bridgehead atoms. The number of hydrogen-bond acceptors (Lipinski definition) is 3. The summed E-state index contributed by atoms with van der Waals surface area (Å²) in [7, 11) is 0. The first-order chi connectivity index (χ1) is 8.58. The summed E-state index contributed by atoms with van der Waals surface area (Å²) < 4.78 is 6.26. The number of benzene rings is 1. The minimum Gasteiger partial charge on any atom is -0.378 e. The van der Waals surface area contributed by atoms with Crippen molar-refractivity contribution in [2.75, 3.05) is 13.2 Å². The molecule has 1 amide bonds. The minimum absolute atomic E-state index is 0.0723. The Kier molecular flexibility index (Phi) is 4.70. The van der Waals surface area contributed by atoms with Crippen molar-refractivity contribution in [3.8, 4) is 0 Å². The number of hydrogen-bond donors (Lipinski definition) is 2. The van der Waals surface area contributed by atoms with E-state index in [-0.39, 0.29) is 12.0 Å². The van der Waals surface area contributed by atoms with E-state index >= 15 is 0 Å². The Morgan fingerprint density at radius 3 is 3.06 bits per heavy atom. The van der Waals surface area contributed by atoms with Crippen LogP contribution in [0.1, 0.15) is 23.7 Å². The fourth-order valence-electron chi connectivity index (χ4n) is 2.05. The molecule has 2 rings (SSSR count). The Morgan fingerprint density at radius 1 is 1.61 bits per heavy atom. The summed E-state index contributed by atoms with van der Waals surface area (Å²) in [6.07, 6.45) is 1.24. The number of halogens is 1. The first-order valence-electron chi connectivity index (χ1n) is 5.96. The Labute approximate surface area is 121 Å². The predicted octanol–water partition coefficient (Wildman–Crippen LogP) is 2.89. The monoisotopic (exact) mass is 329 g/mol. The molecule has 2 atom stereocenters. The molecular weight excluding hydrogens is 314 g/mol. The van der Waals surface area contributed by atoms with Gasteiger partial charge in [0.05, 0.1) is 11.7 Å². The van der Waals surface area contributed by atoms with E-state index in [1.54, 1.807) is 6.07 Å². The van der Waals surface area contributed by atoms with Gasteiger partial charge in [-0.25, -0.2) is 0 Å². The first-order valence-corrected chi connectivity index (χ1v) is 7.20. The molecule has 2 unspecified atom stereocenters. The second-order valence-corrected chi connectivity index (χ2v) is 5.87. The van der Waals surface area contributed by atoms with Crippen molar-refractivity contribution in [3.05, 3.63) is 28.2 Å². The topological polar surface area (TPSA) is 38.3 Å². The molecule has 1 fully saturated rings. The minimum atomic E-state index is -0.0723. The van der Waals surface area contributed by atoms with E-state index in [0.717, 1.165) is 22.4 Å². The van der Waals surface area contributed by atoms with Crippen molar-refractivity contribution in [3.63, 3.8) is 0 Å². The number of carbonyl (C=O) groups is 1. The average Bonchev–Trinajstić information content (AvgIpc) is 2.75. The molecular formula is C13H16BrNO2S. The molecule has 0 aliphatic carbocycles. The lowest BCUT2D eigenvalue weighted by Crippen LogP contribution is -2.32. The van der Waals surface area contributed by atoms with Crippen LogP contribution in [0, 0.1) is 5.92 Å². The van der Waals surface area contributed by atoms with Gasteiger partial charge in [0.1, 0.15) is 0 Å². The van der Waals surface area contributed by atoms with Crippen molar-refractivity contribution in [2.45, 2.75) is 24.3 Å². The molecule has 3 nitrogen and oxygen atoms in total. The molecule has 1 N–H and O–H groups in total. The number of amides is 1. The Balaban J connectivity index is 1.97. The fraction of sp³-hybridized carbons (Fsp3) is 0.462. The lowest BCUT2D eigenvalue weighted by atomic mass is 10.0. The van der Waals surface area contributed by atoms with Gasteiger partial charge >= 0.3 is 0 Å². The maximum atomic E-state index is 12.1. The quantitative estimate of drug-likeness (QED) is 0.837. The molecule has 0 radical (unpaired) electrons. The van der Waals surface area contributed by atoms with Crippen LogP contribution >= 0.6 is 28.6 Å². The molecule has 18 heavy (non-hydrogen) atoms. The first kappa shape index (κ1) is 13.9. The van der Waals surface area contributed by atoms with E-state index in [1.807, 2.05) is 19.1 Å². The van der Waals surface area contributed by atoms with E-state index < -0.39 is 0 Å². The Hall–Kier alpha value is -0.520. The van der Waals surface area contributed by atoms with Crippen LogP contribution in [0.15, 0.2) is 27.6 Å². The number of ether oxygens (including phenoxy) is 1. The van der Waals surface area contributed by atoms with Gasteiger partial charge in [-0.3, -0.25) is 4.79 Å². The zero-order valence-electron chi connectivity index (χ0n) is 10.1. The van der Waals surface area contributed by atoms with Crippen molar-refractivity contribution in [1.29, 1.82) is 0 Å². The van der Waals surface area contributed by atoms with Gasteiger partial charge in [-0.2, -0.15) is 0 Å². The standard InChI is InChI=1S/C13H16BrNO2S/c1-8-9(4-5-17-8)7-15-13(16)11-6-10(18)2-3-12(11)14/h2-3,6,8-9,18H,4-5,7H2,1H3,(H,15,16). The highest BCUT2D eigenvalue weighted by Gasteiger charge is 2.24. The van der Waals surface area contributed by atoms with Gasteiger partial charge < -0.3 is 10.1 Å². The highest BCUT2D eigenvalue weighted by molar-refractivity contribution is 9.10. The lowest BCUT2D eigenvalue weighted by Gasteiger charge is -2.15. The van der Waals surface area contributed by atoms with Crippen LogP contribution in [0.4, 0.5) is 0 Å². The largest absolute Gasteiger partial charge is 0.378 e. The van der Waals surface area contributed by atoms with Gasteiger partial charge in [-0.15, -0.1) is 12.6 Å². The average molecular weight is 330 g/mol. The number of rotatable bonds is 3. The van der Waals surface area contributed by atoms with Gasteiger partial charge in [-0.1, -0.05) is 0 Å². The lowest BCUT2D eigenvalue weighted by molar-refractivity contribution is 0.0906. The molecule has 0 aromatic heterocycles. The number of carbonyl (C=O) groups excluding carboxylic acids is 1. The van der Waals surface area contributed by atoms with Gasteiger partial charge in [0.15, 0.2) is 0 Å². The molecule has 0 saturated carbocycles. The second-order valence-electron chi connectivity index (χ2n) is 4.50. The third-order valence-corrected chi connectivity index (χ3v) is 4.22. The molecule has 1 aromatic carbocycles. The molecule has 0 spiro atoms. The van der Waals surface area contributed by atoms with Gasteiger partial charge in [0, 0.05) is 28.4 Å². The molecule has 1 saturated heterocycles. The summed E-state index contributed by atoms with van der Waals surface area (Å²) in [5.41, 5.74) is 0.620. The molecule has 5 heteroatoms. The SMILES string of the molecule is CC1OCCC1CNC(=O)c1cc(S)ccc1Br. The van der Waals surface area contributed by atoms with E-state index in [2.05, 4.69) is 33.9 Å². The molecule has 1 aliphatic heterocycles. The third-order valence-electron chi connectivity index (χ3n) is 3.25. The summed E-state index contributed by atoms with van der Waals surface area (Å²) >= 11 is 7.62. The summed E-state index contributed by atoms with van der Waals surface area (Å²) in [6.45, 7) is 3.49. The molecule has 1 heterocycles. The van der Waals surface area contributed by atoms with Crippen LogP contribution in [0.25, 0.3) is 0 Å². The van der Waals surface area contributed by atoms with Crippen molar-refractivity contribution < 1.29 is 9.53 Å². The van der Waals surface area contributed by atoms with E-state index in [1.165, 1.54) is 0 Å². The summed E-state index contributed by atoms with van der Waals surface area (Å²) in [6, 6.07) is 5.44. The van der Waals surface area contributed by atoms with Gasteiger partial charge in [0.2, 0.25) is 0 Å². The van der Waals surface area contributed by atoms with E-state index in [4.69, 9.17) is 4.74 Å². The van der Waals surface area contributed by atoms with E-state index in [9.17, 15) is 4.79 Å². The maximum Gasteiger partial charge on any atom is 0.252 e. The molecule has 98 valence electrons. The smallest absolute Gasteiger partial charge is 0.252 e. The number of nitrogens with one attached hydrogen (secondary N) is 1. The zero-order chi connectivity index (χ0) is 13.1. The Morgan fingerprint density at radius 2 is 2.39 bits per heavy atom. The maximum absolute atomic E-state index is 12.1. The van der Waals surface area contributed by atoms with Crippen LogP contribution in [0.5, 0.6) is 0 Å². The highest BCUT2D eigenvalue weighted by Crippen LogP contribution is 2.22. The fourth-order valence-corrected chi connectivity index (χ4v) is 2.68. The van der Waals surface area contributed by atoms with Crippen LogP contribution < -0.4 is 5.32 Å². The molecule has 1 aromatic rings. The van der Waals surface area contributed by atoms with Gasteiger partial charge in [0.25, 0.3) is 5.91 Å². The van der Waals surface area contributed by atoms with Crippen molar-refractivity contribution in [1.82, 2.24) is 5.32 Å². The van der Waals surface area contributed by atoms with Crippen LogP contribution in [0.2, 0.25) is 0 Å². The normalized spacial score (nSPS) is 23.1. The third kappa shape index (κ3) is 3.28.